The maximum atomic E-state index is 10.8. The largest absolute Gasteiger partial charge is 0.490 e. The van der Waals surface area contributed by atoms with E-state index in [0.29, 0.717) is 28.0 Å². The molecule has 0 radical (unpaired) electrons. The van der Waals surface area contributed by atoms with Crippen molar-refractivity contribution in [2.24, 2.45) is 0 Å². The van der Waals surface area contributed by atoms with Gasteiger partial charge in [-0.3, -0.25) is 4.79 Å². The summed E-state index contributed by atoms with van der Waals surface area (Å²) in [6.45, 7) is 10.9. The molecule has 0 N–H and O–H groups in total. The second-order valence-electron chi connectivity index (χ2n) is 6.34. The summed E-state index contributed by atoms with van der Waals surface area (Å²) in [6, 6.07) is 11.4. The Morgan fingerprint density at radius 3 is 2.00 bits per heavy atom. The van der Waals surface area contributed by atoms with Crippen molar-refractivity contribution in [2.45, 2.75) is 52.9 Å². The fraction of sp³-hybridized carbons (Fsp3) is 0.409. The van der Waals surface area contributed by atoms with Crippen LogP contribution in [-0.4, -0.2) is 12.9 Å². The number of hydrogen-bond acceptors (Lipinski definition) is 2. The molecular weight excluding hydrogens is 367 g/mol. The molecule has 0 saturated carbocycles. The SMILES string of the molecule is CC.CCCCOc1c(Cl)cc(C(C)(C)c2ccc(C=O)cc2)cc1Cl. The zero-order valence-corrected chi connectivity index (χ0v) is 17.7. The molecule has 142 valence electrons. The lowest BCUT2D eigenvalue weighted by molar-refractivity contribution is 0.112. The van der Waals surface area contributed by atoms with Gasteiger partial charge < -0.3 is 4.74 Å². The van der Waals surface area contributed by atoms with Crippen LogP contribution in [0.1, 0.15) is 68.9 Å². The average Bonchev–Trinajstić information content (AvgIpc) is 2.65. The number of halogens is 2. The number of rotatable bonds is 7. The van der Waals surface area contributed by atoms with Crippen molar-refractivity contribution in [3.05, 3.63) is 63.1 Å². The third-order valence-corrected chi connectivity index (χ3v) is 4.79. The fourth-order valence-corrected chi connectivity index (χ4v) is 3.12. The molecule has 2 nitrogen and oxygen atoms in total. The quantitative estimate of drug-likeness (QED) is 0.362. The Bertz CT molecular complexity index is 684. The molecule has 0 bridgehead atoms. The summed E-state index contributed by atoms with van der Waals surface area (Å²) in [5.74, 6) is 0.544. The van der Waals surface area contributed by atoms with Gasteiger partial charge in [-0.25, -0.2) is 0 Å². The Morgan fingerprint density at radius 1 is 1.00 bits per heavy atom. The van der Waals surface area contributed by atoms with Crippen molar-refractivity contribution in [2.75, 3.05) is 6.61 Å². The van der Waals surface area contributed by atoms with Crippen LogP contribution in [0.25, 0.3) is 0 Å². The molecule has 0 aliphatic heterocycles. The first-order valence-electron chi connectivity index (χ1n) is 9.08. The van der Waals surface area contributed by atoms with E-state index in [2.05, 4.69) is 20.8 Å². The van der Waals surface area contributed by atoms with Crippen LogP contribution in [0.5, 0.6) is 5.75 Å². The molecule has 4 heteroatoms. The third kappa shape index (κ3) is 5.49. The lowest BCUT2D eigenvalue weighted by atomic mass is 9.78. The Kier molecular flexibility index (Phi) is 9.18. The zero-order valence-electron chi connectivity index (χ0n) is 16.2. The first-order valence-corrected chi connectivity index (χ1v) is 9.83. The van der Waals surface area contributed by atoms with E-state index in [0.717, 1.165) is 30.3 Å². The first-order chi connectivity index (χ1) is 12.4. The van der Waals surface area contributed by atoms with Crippen LogP contribution in [0.2, 0.25) is 10.0 Å². The van der Waals surface area contributed by atoms with E-state index < -0.39 is 0 Å². The smallest absolute Gasteiger partial charge is 0.156 e. The minimum absolute atomic E-state index is 0.295. The van der Waals surface area contributed by atoms with Crippen LogP contribution in [0.3, 0.4) is 0 Å². The molecule has 2 aromatic rings. The predicted molar refractivity (Wildman–Crippen MR) is 112 cm³/mol. The molecule has 2 rings (SSSR count). The summed E-state index contributed by atoms with van der Waals surface area (Å²) >= 11 is 12.8. The molecule has 0 amide bonds. The summed E-state index contributed by atoms with van der Waals surface area (Å²) in [6.07, 6.45) is 2.85. The lowest BCUT2D eigenvalue weighted by Gasteiger charge is -2.27. The van der Waals surface area contributed by atoms with Gasteiger partial charge in [0.1, 0.15) is 6.29 Å². The minimum Gasteiger partial charge on any atom is -0.490 e. The maximum Gasteiger partial charge on any atom is 0.156 e. The van der Waals surface area contributed by atoms with E-state index in [9.17, 15) is 4.79 Å². The van der Waals surface area contributed by atoms with Crippen molar-refractivity contribution < 1.29 is 9.53 Å². The Hall–Kier alpha value is -1.51. The number of carbonyl (C=O) groups excluding carboxylic acids is 1. The van der Waals surface area contributed by atoms with Gasteiger partial charge in [-0.2, -0.15) is 0 Å². The highest BCUT2D eigenvalue weighted by Crippen LogP contribution is 2.40. The van der Waals surface area contributed by atoms with Crippen LogP contribution < -0.4 is 4.74 Å². The molecule has 0 fully saturated rings. The summed E-state index contributed by atoms with van der Waals surface area (Å²) < 4.78 is 5.71. The molecule has 0 unspecified atom stereocenters. The Labute approximate surface area is 167 Å². The molecular formula is C22H28Cl2O2. The fourth-order valence-electron chi connectivity index (χ4n) is 2.52. The maximum absolute atomic E-state index is 10.8. The number of hydrogen-bond donors (Lipinski definition) is 0. The van der Waals surface area contributed by atoms with Crippen LogP contribution in [0.4, 0.5) is 0 Å². The standard InChI is InChI=1S/C20H22Cl2O2.C2H6/c1-4-5-10-24-19-17(21)11-16(12-18(19)22)20(2,3)15-8-6-14(13-23)7-9-15;1-2/h6-9,11-13H,4-5,10H2,1-3H3;1-2H3. The monoisotopic (exact) mass is 394 g/mol. The topological polar surface area (TPSA) is 26.3 Å². The predicted octanol–water partition coefficient (Wildman–Crippen LogP) is 7.34. The van der Waals surface area contributed by atoms with E-state index in [4.69, 9.17) is 27.9 Å². The van der Waals surface area contributed by atoms with E-state index >= 15 is 0 Å². The minimum atomic E-state index is -0.295. The second kappa shape index (κ2) is 10.6. The summed E-state index contributed by atoms with van der Waals surface area (Å²) in [4.78, 5) is 10.8. The highest BCUT2D eigenvalue weighted by molar-refractivity contribution is 6.37. The van der Waals surface area contributed by atoms with E-state index in [1.54, 1.807) is 0 Å². The summed E-state index contributed by atoms with van der Waals surface area (Å²) in [5.41, 5.74) is 2.45. The third-order valence-electron chi connectivity index (χ3n) is 4.23. The van der Waals surface area contributed by atoms with Crippen molar-refractivity contribution in [1.29, 1.82) is 0 Å². The average molecular weight is 395 g/mol. The van der Waals surface area contributed by atoms with Crippen LogP contribution >= 0.6 is 23.2 Å². The molecule has 0 aliphatic carbocycles. The zero-order chi connectivity index (χ0) is 19.7. The Morgan fingerprint density at radius 2 is 1.54 bits per heavy atom. The number of benzene rings is 2. The van der Waals surface area contributed by atoms with Gasteiger partial charge in [0.25, 0.3) is 0 Å². The van der Waals surface area contributed by atoms with Gasteiger partial charge in [0.15, 0.2) is 5.75 Å². The van der Waals surface area contributed by atoms with Crippen molar-refractivity contribution in [3.63, 3.8) is 0 Å². The molecule has 0 aromatic heterocycles. The van der Waals surface area contributed by atoms with Gasteiger partial charge in [0, 0.05) is 11.0 Å². The van der Waals surface area contributed by atoms with E-state index in [1.165, 1.54) is 0 Å². The van der Waals surface area contributed by atoms with Crippen molar-refractivity contribution in [1.82, 2.24) is 0 Å². The van der Waals surface area contributed by atoms with E-state index in [-0.39, 0.29) is 5.41 Å². The van der Waals surface area contributed by atoms with Gasteiger partial charge in [-0.05, 0) is 29.7 Å². The normalized spacial score (nSPS) is 10.7. The number of aldehydes is 1. The van der Waals surface area contributed by atoms with E-state index in [1.807, 2.05) is 50.2 Å². The van der Waals surface area contributed by atoms with Crippen molar-refractivity contribution in [3.8, 4) is 5.75 Å². The van der Waals surface area contributed by atoms with Crippen LogP contribution in [-0.2, 0) is 5.41 Å². The molecule has 2 aromatic carbocycles. The lowest BCUT2D eigenvalue weighted by Crippen LogP contribution is -2.19. The first kappa shape index (κ1) is 22.5. The van der Waals surface area contributed by atoms with Crippen molar-refractivity contribution >= 4 is 29.5 Å². The Balaban J connectivity index is 0.00000163. The molecule has 0 aliphatic rings. The number of carbonyl (C=O) groups is 1. The summed E-state index contributed by atoms with van der Waals surface area (Å²) in [5, 5.41) is 1.04. The molecule has 0 atom stereocenters. The summed E-state index contributed by atoms with van der Waals surface area (Å²) in [7, 11) is 0. The highest BCUT2D eigenvalue weighted by Gasteiger charge is 2.25. The molecule has 0 spiro atoms. The van der Waals surface area contributed by atoms with Gasteiger partial charge in [0.2, 0.25) is 0 Å². The van der Waals surface area contributed by atoms with Gasteiger partial charge >= 0.3 is 0 Å². The van der Waals surface area contributed by atoms with Gasteiger partial charge in [-0.15, -0.1) is 0 Å². The number of unbranched alkanes of at least 4 members (excludes halogenated alkanes) is 1. The van der Waals surface area contributed by atoms with Gasteiger partial charge in [-0.1, -0.05) is 88.5 Å². The van der Waals surface area contributed by atoms with Gasteiger partial charge in [0.05, 0.1) is 16.7 Å². The van der Waals surface area contributed by atoms with Crippen LogP contribution in [0, 0.1) is 0 Å². The second-order valence-corrected chi connectivity index (χ2v) is 7.15. The van der Waals surface area contributed by atoms with Crippen LogP contribution in [0.15, 0.2) is 36.4 Å². The molecule has 0 saturated heterocycles. The molecule has 0 heterocycles. The molecule has 26 heavy (non-hydrogen) atoms. The highest BCUT2D eigenvalue weighted by atomic mass is 35.5. The number of ether oxygens (including phenoxy) is 1.